The number of hydrogen-bond acceptors (Lipinski definition) is 2. The Kier molecular flexibility index (Phi) is 3.66. The van der Waals surface area contributed by atoms with Crippen molar-refractivity contribution in [3.63, 3.8) is 0 Å². The maximum Gasteiger partial charge on any atom is 0.254 e. The zero-order valence-electron chi connectivity index (χ0n) is 9.06. The Hall–Kier alpha value is -1.58. The predicted molar refractivity (Wildman–Crippen MR) is 55.7 cm³/mol. The second-order valence-corrected chi connectivity index (χ2v) is 3.13. The molecule has 1 rings (SSSR count). The van der Waals surface area contributed by atoms with Crippen molar-refractivity contribution in [2.75, 3.05) is 13.7 Å². The fourth-order valence-corrected chi connectivity index (χ4v) is 1.34. The summed E-state index contributed by atoms with van der Waals surface area (Å²) in [4.78, 5) is 11.5. The molecule has 0 radical (unpaired) electrons. The standard InChI is InChI=1S/C11H14FNO2/c1-4-13-11(14)9-7(2)5-6-8(15-3)10(9)12/h5-6H,4H2,1-3H3,(H,13,14). The zero-order chi connectivity index (χ0) is 11.4. The van der Waals surface area contributed by atoms with Crippen LogP contribution < -0.4 is 10.1 Å². The minimum Gasteiger partial charge on any atom is -0.494 e. The summed E-state index contributed by atoms with van der Waals surface area (Å²) in [7, 11) is 1.37. The van der Waals surface area contributed by atoms with Crippen LogP contribution in [-0.2, 0) is 0 Å². The second kappa shape index (κ2) is 4.77. The highest BCUT2D eigenvalue weighted by molar-refractivity contribution is 5.96. The number of carbonyl (C=O) groups excluding carboxylic acids is 1. The van der Waals surface area contributed by atoms with Gasteiger partial charge in [-0.25, -0.2) is 4.39 Å². The summed E-state index contributed by atoms with van der Waals surface area (Å²) in [6, 6.07) is 3.17. The number of ether oxygens (including phenoxy) is 1. The van der Waals surface area contributed by atoms with E-state index in [4.69, 9.17) is 4.74 Å². The normalized spacial score (nSPS) is 9.87. The Morgan fingerprint density at radius 2 is 2.20 bits per heavy atom. The van der Waals surface area contributed by atoms with E-state index in [-0.39, 0.29) is 11.3 Å². The van der Waals surface area contributed by atoms with Gasteiger partial charge in [0.15, 0.2) is 11.6 Å². The van der Waals surface area contributed by atoms with Gasteiger partial charge in [0.1, 0.15) is 0 Å². The molecule has 0 aliphatic rings. The van der Waals surface area contributed by atoms with Crippen LogP contribution in [0.4, 0.5) is 4.39 Å². The number of methoxy groups -OCH3 is 1. The molecule has 4 heteroatoms. The lowest BCUT2D eigenvalue weighted by molar-refractivity contribution is 0.0950. The lowest BCUT2D eigenvalue weighted by Crippen LogP contribution is -2.24. The van der Waals surface area contributed by atoms with Crippen LogP contribution in [0.5, 0.6) is 5.75 Å². The number of halogens is 1. The monoisotopic (exact) mass is 211 g/mol. The summed E-state index contributed by atoms with van der Waals surface area (Å²) < 4.78 is 18.5. The van der Waals surface area contributed by atoms with E-state index >= 15 is 0 Å². The molecule has 1 aromatic carbocycles. The average Bonchev–Trinajstić information content (AvgIpc) is 2.18. The third-order valence-corrected chi connectivity index (χ3v) is 2.10. The molecule has 0 saturated carbocycles. The van der Waals surface area contributed by atoms with Crippen LogP contribution in [0.3, 0.4) is 0 Å². The smallest absolute Gasteiger partial charge is 0.254 e. The summed E-state index contributed by atoms with van der Waals surface area (Å²) >= 11 is 0. The van der Waals surface area contributed by atoms with Crippen molar-refractivity contribution >= 4 is 5.91 Å². The molecule has 0 bridgehead atoms. The third kappa shape index (κ3) is 2.26. The maximum absolute atomic E-state index is 13.7. The molecule has 0 aliphatic heterocycles. The number of benzene rings is 1. The second-order valence-electron chi connectivity index (χ2n) is 3.13. The molecule has 15 heavy (non-hydrogen) atoms. The average molecular weight is 211 g/mol. The van der Waals surface area contributed by atoms with Crippen molar-refractivity contribution < 1.29 is 13.9 Å². The summed E-state index contributed by atoms with van der Waals surface area (Å²) in [6.07, 6.45) is 0. The Balaban J connectivity index is 3.20. The first-order chi connectivity index (χ1) is 7.11. The third-order valence-electron chi connectivity index (χ3n) is 2.10. The van der Waals surface area contributed by atoms with Crippen LogP contribution >= 0.6 is 0 Å². The first kappa shape index (κ1) is 11.5. The van der Waals surface area contributed by atoms with Gasteiger partial charge in [0.2, 0.25) is 0 Å². The molecular weight excluding hydrogens is 197 g/mol. The van der Waals surface area contributed by atoms with Crippen LogP contribution in [-0.4, -0.2) is 19.6 Å². The number of amides is 1. The van der Waals surface area contributed by atoms with Gasteiger partial charge >= 0.3 is 0 Å². The van der Waals surface area contributed by atoms with E-state index in [0.717, 1.165) is 0 Å². The zero-order valence-corrected chi connectivity index (χ0v) is 9.06. The lowest BCUT2D eigenvalue weighted by atomic mass is 10.1. The molecule has 1 N–H and O–H groups in total. The van der Waals surface area contributed by atoms with Crippen molar-refractivity contribution in [3.05, 3.63) is 29.1 Å². The molecule has 0 spiro atoms. The number of carbonyl (C=O) groups is 1. The van der Waals surface area contributed by atoms with E-state index in [1.165, 1.54) is 13.2 Å². The van der Waals surface area contributed by atoms with Gasteiger partial charge in [-0.15, -0.1) is 0 Å². The van der Waals surface area contributed by atoms with Crippen LogP contribution in [0.25, 0.3) is 0 Å². The van der Waals surface area contributed by atoms with E-state index in [0.29, 0.717) is 12.1 Å². The number of aryl methyl sites for hydroxylation is 1. The van der Waals surface area contributed by atoms with Crippen molar-refractivity contribution in [2.24, 2.45) is 0 Å². The molecule has 0 aromatic heterocycles. The number of rotatable bonds is 3. The first-order valence-corrected chi connectivity index (χ1v) is 4.73. The van der Waals surface area contributed by atoms with Crippen LogP contribution in [0.15, 0.2) is 12.1 Å². The van der Waals surface area contributed by atoms with E-state index in [9.17, 15) is 9.18 Å². The molecule has 0 atom stereocenters. The molecule has 0 heterocycles. The van der Waals surface area contributed by atoms with Crippen molar-refractivity contribution in [1.82, 2.24) is 5.32 Å². The molecule has 0 saturated heterocycles. The molecule has 0 unspecified atom stereocenters. The Morgan fingerprint density at radius 1 is 1.53 bits per heavy atom. The molecule has 0 aliphatic carbocycles. The molecule has 0 fully saturated rings. The lowest BCUT2D eigenvalue weighted by Gasteiger charge is -2.10. The number of hydrogen-bond donors (Lipinski definition) is 1. The molecule has 82 valence electrons. The highest BCUT2D eigenvalue weighted by Crippen LogP contribution is 2.23. The Bertz CT molecular complexity index is 377. The van der Waals surface area contributed by atoms with Gasteiger partial charge in [0.25, 0.3) is 5.91 Å². The fraction of sp³-hybridized carbons (Fsp3) is 0.364. The minimum absolute atomic E-state index is 0.0520. The number of nitrogens with one attached hydrogen (secondary N) is 1. The Labute approximate surface area is 88.2 Å². The van der Waals surface area contributed by atoms with E-state index in [2.05, 4.69) is 5.32 Å². The van der Waals surface area contributed by atoms with Crippen LogP contribution in [0.2, 0.25) is 0 Å². The van der Waals surface area contributed by atoms with Gasteiger partial charge in [0.05, 0.1) is 12.7 Å². The van der Waals surface area contributed by atoms with Crippen molar-refractivity contribution in [3.8, 4) is 5.75 Å². The Morgan fingerprint density at radius 3 is 2.73 bits per heavy atom. The topological polar surface area (TPSA) is 38.3 Å². The van der Waals surface area contributed by atoms with Gasteiger partial charge in [0, 0.05) is 6.54 Å². The largest absolute Gasteiger partial charge is 0.494 e. The van der Waals surface area contributed by atoms with Gasteiger partial charge in [-0.3, -0.25) is 4.79 Å². The summed E-state index contributed by atoms with van der Waals surface area (Å²) in [5, 5.41) is 2.56. The van der Waals surface area contributed by atoms with Crippen LogP contribution in [0.1, 0.15) is 22.8 Å². The quantitative estimate of drug-likeness (QED) is 0.829. The highest BCUT2D eigenvalue weighted by Gasteiger charge is 2.17. The SMILES string of the molecule is CCNC(=O)c1c(C)ccc(OC)c1F. The van der Waals surface area contributed by atoms with Gasteiger partial charge in [-0.2, -0.15) is 0 Å². The van der Waals surface area contributed by atoms with E-state index < -0.39 is 11.7 Å². The van der Waals surface area contributed by atoms with E-state index in [1.54, 1.807) is 19.9 Å². The van der Waals surface area contributed by atoms with Crippen molar-refractivity contribution in [1.29, 1.82) is 0 Å². The van der Waals surface area contributed by atoms with E-state index in [1.807, 2.05) is 0 Å². The summed E-state index contributed by atoms with van der Waals surface area (Å²) in [5.41, 5.74) is 0.649. The fourth-order valence-electron chi connectivity index (χ4n) is 1.34. The molecule has 1 aromatic rings. The van der Waals surface area contributed by atoms with Gasteiger partial charge in [-0.1, -0.05) is 6.07 Å². The first-order valence-electron chi connectivity index (χ1n) is 4.73. The van der Waals surface area contributed by atoms with Gasteiger partial charge in [-0.05, 0) is 25.5 Å². The minimum atomic E-state index is -0.608. The summed E-state index contributed by atoms with van der Waals surface area (Å²) in [6.45, 7) is 3.94. The predicted octanol–water partition coefficient (Wildman–Crippen LogP) is 1.89. The van der Waals surface area contributed by atoms with Crippen LogP contribution in [0, 0.1) is 12.7 Å². The highest BCUT2D eigenvalue weighted by atomic mass is 19.1. The molecular formula is C11H14FNO2. The summed E-state index contributed by atoms with van der Waals surface area (Å²) in [5.74, 6) is -0.934. The maximum atomic E-state index is 13.7. The van der Waals surface area contributed by atoms with Gasteiger partial charge < -0.3 is 10.1 Å². The van der Waals surface area contributed by atoms with Crippen molar-refractivity contribution in [2.45, 2.75) is 13.8 Å². The molecule has 1 amide bonds. The molecule has 3 nitrogen and oxygen atoms in total.